The Labute approximate surface area is 369 Å². The molecule has 4 aliphatic heterocycles. The third-order valence-electron chi connectivity index (χ3n) is 11.9. The molecule has 3 aromatic rings. The molecule has 4 aliphatic rings. The van der Waals surface area contributed by atoms with Gasteiger partial charge >= 0.3 is 11.9 Å². The third-order valence-corrected chi connectivity index (χ3v) is 14.3. The van der Waals surface area contributed by atoms with Crippen molar-refractivity contribution in [3.8, 4) is 0 Å². The summed E-state index contributed by atoms with van der Waals surface area (Å²) in [6, 6.07) is 13.7. The first-order valence-electron chi connectivity index (χ1n) is 22.3. The molecule has 4 fully saturated rings. The average molecular weight is 874 g/mol. The molecule has 0 radical (unpaired) electrons. The fourth-order valence-electron chi connectivity index (χ4n) is 8.77. The van der Waals surface area contributed by atoms with Gasteiger partial charge in [0.1, 0.15) is 21.7 Å². The monoisotopic (exact) mass is 873 g/mol. The molecule has 61 heavy (non-hydrogen) atoms. The van der Waals surface area contributed by atoms with Gasteiger partial charge in [0.05, 0.1) is 11.1 Å². The summed E-state index contributed by atoms with van der Waals surface area (Å²) < 4.78 is 0. The Balaban J connectivity index is 0.000000207. The van der Waals surface area contributed by atoms with Crippen LogP contribution in [0.25, 0.3) is 0 Å². The van der Waals surface area contributed by atoms with Gasteiger partial charge in [-0.1, -0.05) is 19.9 Å². The number of rotatable bonds is 15. The van der Waals surface area contributed by atoms with Gasteiger partial charge in [-0.05, 0) is 124 Å². The number of carbonyl (C=O) groups excluding carboxylic acids is 2. The summed E-state index contributed by atoms with van der Waals surface area (Å²) in [6.07, 6.45) is 12.3. The molecule has 0 aromatic carbocycles. The highest BCUT2D eigenvalue weighted by atomic mass is 32.2. The molecule has 0 spiro atoms. The molecule has 330 valence electrons. The number of aliphatic carboxylic acids is 2. The average Bonchev–Trinajstić information content (AvgIpc) is 3.78. The number of carboxylic acids is 2. The summed E-state index contributed by atoms with van der Waals surface area (Å²) >= 11 is 3.28. The molecule has 2 amide bonds. The topological polar surface area (TPSA) is 160 Å². The third kappa shape index (κ3) is 13.1. The number of aromatic nitrogens is 3. The lowest BCUT2D eigenvalue weighted by atomic mass is 9.95. The van der Waals surface area contributed by atoms with E-state index in [4.69, 9.17) is 15.1 Å². The van der Waals surface area contributed by atoms with Crippen LogP contribution in [0, 0.1) is 11.8 Å². The van der Waals surface area contributed by atoms with Crippen molar-refractivity contribution in [3.63, 3.8) is 0 Å². The summed E-state index contributed by atoms with van der Waals surface area (Å²) in [5, 5.41) is 19.9. The quantitative estimate of drug-likeness (QED) is 0.141. The van der Waals surface area contributed by atoms with E-state index in [1.165, 1.54) is 6.42 Å². The minimum atomic E-state index is -0.746. The van der Waals surface area contributed by atoms with E-state index in [-0.39, 0.29) is 42.4 Å². The number of carboxylic acid groups (broad SMARTS) is 2. The highest BCUT2D eigenvalue weighted by Gasteiger charge is 2.31. The van der Waals surface area contributed by atoms with Crippen molar-refractivity contribution in [1.29, 1.82) is 0 Å². The lowest BCUT2D eigenvalue weighted by Gasteiger charge is -2.33. The highest BCUT2D eigenvalue weighted by molar-refractivity contribution is 7.99. The van der Waals surface area contributed by atoms with E-state index in [1.807, 2.05) is 58.5 Å². The second kappa shape index (κ2) is 23.2. The molecule has 0 saturated carbocycles. The van der Waals surface area contributed by atoms with Crippen molar-refractivity contribution in [2.24, 2.45) is 11.8 Å². The molecule has 13 nitrogen and oxygen atoms in total. The molecule has 15 heteroatoms. The summed E-state index contributed by atoms with van der Waals surface area (Å²) in [5.41, 5.74) is 2.42. The van der Waals surface area contributed by atoms with Crippen molar-refractivity contribution < 1.29 is 29.4 Å². The van der Waals surface area contributed by atoms with Crippen LogP contribution in [0.2, 0.25) is 0 Å². The van der Waals surface area contributed by atoms with E-state index in [1.54, 1.807) is 23.5 Å². The second-order valence-corrected chi connectivity index (χ2v) is 18.9. The fourth-order valence-corrected chi connectivity index (χ4v) is 10.5. The van der Waals surface area contributed by atoms with Crippen LogP contribution in [0.15, 0.2) is 58.7 Å². The number of likely N-dealkylation sites (tertiary alicyclic amines) is 2. The molecular weight excluding hydrogens is 811 g/mol. The largest absolute Gasteiger partial charge is 0.481 e. The Morgan fingerprint density at radius 1 is 0.623 bits per heavy atom. The predicted molar refractivity (Wildman–Crippen MR) is 242 cm³/mol. The van der Waals surface area contributed by atoms with Crippen molar-refractivity contribution in [3.05, 3.63) is 65.5 Å². The Morgan fingerprint density at radius 2 is 1.16 bits per heavy atom. The zero-order valence-corrected chi connectivity index (χ0v) is 37.5. The van der Waals surface area contributed by atoms with Gasteiger partial charge < -0.3 is 29.8 Å². The fraction of sp³-hybridized carbons (Fsp3) is 0.587. The van der Waals surface area contributed by atoms with Crippen molar-refractivity contribution in [2.75, 3.05) is 73.7 Å². The summed E-state index contributed by atoms with van der Waals surface area (Å²) in [5.74, 6) is 2.76. The van der Waals surface area contributed by atoms with Crippen LogP contribution in [0.3, 0.4) is 0 Å². The second-order valence-electron chi connectivity index (χ2n) is 16.7. The molecule has 7 rings (SSSR count). The molecule has 2 N–H and O–H groups in total. The highest BCUT2D eigenvalue weighted by Crippen LogP contribution is 2.33. The van der Waals surface area contributed by atoms with Crippen LogP contribution in [0.4, 0.5) is 11.6 Å². The molecule has 3 atom stereocenters. The minimum absolute atomic E-state index is 0.0356. The van der Waals surface area contributed by atoms with Gasteiger partial charge in [-0.3, -0.25) is 24.2 Å². The van der Waals surface area contributed by atoms with E-state index < -0.39 is 11.9 Å². The number of hydrogen-bond acceptors (Lipinski definition) is 11. The number of carbonyl (C=O) groups is 4. The number of hydrogen-bond donors (Lipinski definition) is 2. The van der Waals surface area contributed by atoms with Gasteiger partial charge in [-0.15, -0.1) is 23.5 Å². The maximum Gasteiger partial charge on any atom is 0.303 e. The molecule has 3 aromatic heterocycles. The first kappa shape index (κ1) is 46.1. The van der Waals surface area contributed by atoms with Gasteiger partial charge in [-0.2, -0.15) is 0 Å². The van der Waals surface area contributed by atoms with E-state index in [0.717, 1.165) is 136 Å². The van der Waals surface area contributed by atoms with Crippen LogP contribution >= 0.6 is 23.5 Å². The van der Waals surface area contributed by atoms with E-state index in [0.29, 0.717) is 24.2 Å². The van der Waals surface area contributed by atoms with E-state index >= 15 is 0 Å². The van der Waals surface area contributed by atoms with Crippen molar-refractivity contribution in [1.82, 2.24) is 24.8 Å². The normalized spacial score (nSPS) is 20.5. The Morgan fingerprint density at radius 3 is 1.66 bits per heavy atom. The number of nitrogens with zero attached hydrogens (tertiary/aromatic N) is 7. The number of piperidine rings is 3. The Hall–Kier alpha value is -4.37. The van der Waals surface area contributed by atoms with E-state index in [9.17, 15) is 24.3 Å². The molecule has 7 heterocycles. The number of anilines is 2. The van der Waals surface area contributed by atoms with Gasteiger partial charge in [0, 0.05) is 83.0 Å². The zero-order valence-electron chi connectivity index (χ0n) is 35.9. The lowest BCUT2D eigenvalue weighted by molar-refractivity contribution is -0.139. The SMILES string of the molecule is CCCSc1nc(N2CCC[C@@H](CC(=O)O)C2)ccc1C(=O)N1CCC(c2ccccn2)C1.CCCSc1nc(N2CCC[C@@H](CC(=O)O)C2)ccc1C(=O)N1CCCCC1. The first-order chi connectivity index (χ1) is 29.6. The summed E-state index contributed by atoms with van der Waals surface area (Å²) in [4.78, 5) is 71.2. The Kier molecular flexibility index (Phi) is 17.5. The zero-order chi connectivity index (χ0) is 43.1. The van der Waals surface area contributed by atoms with Crippen LogP contribution in [-0.2, 0) is 9.59 Å². The van der Waals surface area contributed by atoms with Crippen molar-refractivity contribution >= 4 is 58.9 Å². The number of pyridine rings is 3. The van der Waals surface area contributed by atoms with Gasteiger partial charge in [-0.25, -0.2) is 9.97 Å². The maximum atomic E-state index is 13.4. The standard InChI is InChI=1S/C25H32N4O3S.C21H31N3O3S/c1-2-14-33-24-20(25(32)29-13-10-19(17-29)21-7-3-4-11-26-21)8-9-22(27-24)28-12-5-6-18(16-28)15-23(30)31;1-2-13-28-20-17(21(27)23-10-4-3-5-11-23)8-9-18(22-20)24-12-6-7-16(15-24)14-19(25)26/h3-4,7-9,11,18-19H,2,5-6,10,12-17H2,1H3,(H,30,31);8-9,16H,2-7,10-15H2,1H3,(H,25,26)/t18-,19?;16-/m00/s1. The van der Waals surface area contributed by atoms with Crippen LogP contribution in [0.5, 0.6) is 0 Å². The molecule has 0 aliphatic carbocycles. The minimum Gasteiger partial charge on any atom is -0.481 e. The summed E-state index contributed by atoms with van der Waals surface area (Å²) in [7, 11) is 0. The Bertz CT molecular complexity index is 1930. The van der Waals surface area contributed by atoms with Gasteiger partial charge in [0.2, 0.25) is 0 Å². The van der Waals surface area contributed by atoms with Gasteiger partial charge in [0.25, 0.3) is 11.8 Å². The van der Waals surface area contributed by atoms with Crippen LogP contribution < -0.4 is 9.80 Å². The molecule has 4 saturated heterocycles. The number of amides is 2. The lowest BCUT2D eigenvalue weighted by Crippen LogP contribution is -2.37. The van der Waals surface area contributed by atoms with Crippen molar-refractivity contribution in [2.45, 2.75) is 107 Å². The molecule has 1 unspecified atom stereocenters. The van der Waals surface area contributed by atoms with Crippen LogP contribution in [0.1, 0.15) is 123 Å². The smallest absolute Gasteiger partial charge is 0.303 e. The first-order valence-corrected chi connectivity index (χ1v) is 24.3. The maximum absolute atomic E-state index is 13.4. The molecule has 0 bridgehead atoms. The van der Waals surface area contributed by atoms with Gasteiger partial charge in [0.15, 0.2) is 0 Å². The van der Waals surface area contributed by atoms with E-state index in [2.05, 4.69) is 28.6 Å². The molecular formula is C46H63N7O6S2. The predicted octanol–water partition coefficient (Wildman–Crippen LogP) is 8.20. The summed E-state index contributed by atoms with van der Waals surface area (Å²) in [6.45, 7) is 10.5. The number of thioether (sulfide) groups is 2. The van der Waals surface area contributed by atoms with Crippen LogP contribution in [-0.4, -0.2) is 123 Å².